The van der Waals surface area contributed by atoms with Crippen LogP contribution in [-0.2, 0) is 10.2 Å². The Morgan fingerprint density at radius 2 is 1.46 bits per heavy atom. The second-order valence-corrected chi connectivity index (χ2v) is 6.78. The van der Waals surface area contributed by atoms with Gasteiger partial charge in [0, 0.05) is 19.7 Å². The summed E-state index contributed by atoms with van der Waals surface area (Å²) in [6, 6.07) is 20.0. The third-order valence-corrected chi connectivity index (χ3v) is 5.29. The first kappa shape index (κ1) is 16.7. The zero-order chi connectivity index (χ0) is 17.0. The Labute approximate surface area is 143 Å². The minimum atomic E-state index is -0.686. The van der Waals surface area contributed by atoms with Gasteiger partial charge in [-0.05, 0) is 36.8 Å². The Morgan fingerprint density at radius 3 is 1.88 bits per heavy atom. The highest BCUT2D eigenvalue weighted by molar-refractivity contribution is 5.91. The van der Waals surface area contributed by atoms with Crippen LogP contribution in [0.3, 0.4) is 0 Å². The van der Waals surface area contributed by atoms with Gasteiger partial charge in [-0.2, -0.15) is 0 Å². The fourth-order valence-corrected chi connectivity index (χ4v) is 3.59. The summed E-state index contributed by atoms with van der Waals surface area (Å²) in [6.45, 7) is 3.69. The number of hydrogen-bond donors (Lipinski definition) is 1. The summed E-state index contributed by atoms with van der Waals surface area (Å²) in [6.07, 6.45) is 1.75. The monoisotopic (exact) mass is 323 g/mol. The molecule has 1 amide bonds. The number of hydrogen-bond acceptors (Lipinski definition) is 2. The van der Waals surface area contributed by atoms with Gasteiger partial charge in [-0.3, -0.25) is 4.79 Å². The summed E-state index contributed by atoms with van der Waals surface area (Å²) in [5.74, 6) is 0.477. The molecule has 2 aromatic rings. The predicted octanol–water partition coefficient (Wildman–Crippen LogP) is 3.22. The lowest BCUT2D eigenvalue weighted by atomic mass is 9.74. The van der Waals surface area contributed by atoms with E-state index in [0.29, 0.717) is 5.92 Å². The molecule has 0 spiro atoms. The molecule has 1 fully saturated rings. The molecule has 1 saturated heterocycles. The van der Waals surface area contributed by atoms with Gasteiger partial charge in [0.2, 0.25) is 5.91 Å². The molecule has 1 aliphatic heterocycles. The summed E-state index contributed by atoms with van der Waals surface area (Å²) < 4.78 is 0. The molecule has 3 heteroatoms. The first-order valence-electron chi connectivity index (χ1n) is 8.67. The lowest BCUT2D eigenvalue weighted by molar-refractivity contribution is -0.137. The van der Waals surface area contributed by atoms with E-state index in [0.717, 1.165) is 37.1 Å². The van der Waals surface area contributed by atoms with Crippen molar-refractivity contribution < 1.29 is 9.90 Å². The van der Waals surface area contributed by atoms with E-state index < -0.39 is 5.41 Å². The molecule has 0 unspecified atom stereocenters. The average molecular weight is 323 g/mol. The van der Waals surface area contributed by atoms with Crippen LogP contribution in [0.1, 0.15) is 30.9 Å². The Kier molecular flexibility index (Phi) is 5.00. The number of rotatable bonds is 4. The van der Waals surface area contributed by atoms with Gasteiger partial charge in [-0.25, -0.2) is 0 Å². The Hall–Kier alpha value is -2.13. The largest absolute Gasteiger partial charge is 0.396 e. The molecule has 2 aromatic carbocycles. The minimum Gasteiger partial charge on any atom is -0.396 e. The zero-order valence-corrected chi connectivity index (χ0v) is 14.2. The lowest BCUT2D eigenvalue weighted by Gasteiger charge is -2.39. The molecule has 3 nitrogen and oxygen atoms in total. The van der Waals surface area contributed by atoms with E-state index in [1.54, 1.807) is 0 Å². The maximum Gasteiger partial charge on any atom is 0.237 e. The van der Waals surface area contributed by atoms with Crippen molar-refractivity contribution in [3.63, 3.8) is 0 Å². The predicted molar refractivity (Wildman–Crippen MR) is 95.7 cm³/mol. The van der Waals surface area contributed by atoms with Gasteiger partial charge in [0.25, 0.3) is 0 Å². The van der Waals surface area contributed by atoms with Crippen LogP contribution in [0.5, 0.6) is 0 Å². The number of piperidine rings is 1. The van der Waals surface area contributed by atoms with Crippen molar-refractivity contribution in [1.82, 2.24) is 4.90 Å². The topological polar surface area (TPSA) is 40.5 Å². The van der Waals surface area contributed by atoms with Crippen LogP contribution in [0.4, 0.5) is 0 Å². The molecular weight excluding hydrogens is 298 g/mol. The average Bonchev–Trinajstić information content (AvgIpc) is 2.68. The summed E-state index contributed by atoms with van der Waals surface area (Å²) in [4.78, 5) is 15.4. The second-order valence-electron chi connectivity index (χ2n) is 6.78. The number of aliphatic hydroxyl groups excluding tert-OH is 1. The summed E-state index contributed by atoms with van der Waals surface area (Å²) >= 11 is 0. The molecule has 3 rings (SSSR count). The van der Waals surface area contributed by atoms with Crippen LogP contribution in [0, 0.1) is 5.92 Å². The smallest absolute Gasteiger partial charge is 0.237 e. The summed E-state index contributed by atoms with van der Waals surface area (Å²) in [5, 5.41) is 9.33. The van der Waals surface area contributed by atoms with Crippen molar-refractivity contribution in [1.29, 1.82) is 0 Å². The number of benzene rings is 2. The van der Waals surface area contributed by atoms with Crippen molar-refractivity contribution in [2.45, 2.75) is 25.2 Å². The van der Waals surface area contributed by atoms with Gasteiger partial charge in [-0.1, -0.05) is 60.7 Å². The molecule has 0 saturated carbocycles. The molecule has 24 heavy (non-hydrogen) atoms. The molecule has 0 radical (unpaired) electrons. The molecule has 1 heterocycles. The SMILES string of the molecule is CC(C(=O)N1CCC(CO)CC1)(c1ccccc1)c1ccccc1. The Bertz CT molecular complexity index is 621. The molecule has 126 valence electrons. The lowest BCUT2D eigenvalue weighted by Crippen LogP contribution is -2.49. The zero-order valence-electron chi connectivity index (χ0n) is 14.2. The van der Waals surface area contributed by atoms with E-state index in [9.17, 15) is 9.90 Å². The third kappa shape index (κ3) is 3.09. The van der Waals surface area contributed by atoms with E-state index in [-0.39, 0.29) is 12.5 Å². The van der Waals surface area contributed by atoms with E-state index in [1.165, 1.54) is 0 Å². The van der Waals surface area contributed by atoms with Gasteiger partial charge >= 0.3 is 0 Å². The number of nitrogens with zero attached hydrogens (tertiary/aromatic N) is 1. The van der Waals surface area contributed by atoms with E-state index >= 15 is 0 Å². The maximum absolute atomic E-state index is 13.5. The standard InChI is InChI=1S/C21H25NO2/c1-21(18-8-4-2-5-9-18,19-10-6-3-7-11-19)20(24)22-14-12-17(16-23)13-15-22/h2-11,17,23H,12-16H2,1H3. The van der Waals surface area contributed by atoms with Crippen LogP contribution in [0.25, 0.3) is 0 Å². The van der Waals surface area contributed by atoms with Crippen molar-refractivity contribution in [3.8, 4) is 0 Å². The van der Waals surface area contributed by atoms with Gasteiger partial charge in [0.1, 0.15) is 0 Å². The highest BCUT2D eigenvalue weighted by atomic mass is 16.3. The van der Waals surface area contributed by atoms with E-state index in [1.807, 2.05) is 72.5 Å². The molecule has 0 aromatic heterocycles. The van der Waals surface area contributed by atoms with Crippen molar-refractivity contribution in [2.75, 3.05) is 19.7 Å². The number of carbonyl (C=O) groups excluding carboxylic acids is 1. The fourth-order valence-electron chi connectivity index (χ4n) is 3.59. The Balaban J connectivity index is 1.95. The minimum absolute atomic E-state index is 0.149. The molecule has 0 aliphatic carbocycles. The first-order valence-corrected chi connectivity index (χ1v) is 8.67. The van der Waals surface area contributed by atoms with Crippen LogP contribution in [0.2, 0.25) is 0 Å². The van der Waals surface area contributed by atoms with E-state index in [4.69, 9.17) is 0 Å². The summed E-state index contributed by atoms with van der Waals surface area (Å²) in [5.41, 5.74) is 1.35. The molecule has 0 bridgehead atoms. The van der Waals surface area contributed by atoms with Crippen molar-refractivity contribution in [3.05, 3.63) is 71.8 Å². The van der Waals surface area contributed by atoms with E-state index in [2.05, 4.69) is 0 Å². The number of amides is 1. The van der Waals surface area contributed by atoms with Gasteiger partial charge in [-0.15, -0.1) is 0 Å². The quantitative estimate of drug-likeness (QED) is 0.938. The van der Waals surface area contributed by atoms with Crippen LogP contribution >= 0.6 is 0 Å². The number of aliphatic hydroxyl groups is 1. The van der Waals surface area contributed by atoms with Crippen LogP contribution < -0.4 is 0 Å². The van der Waals surface area contributed by atoms with Crippen molar-refractivity contribution in [2.24, 2.45) is 5.92 Å². The molecule has 0 atom stereocenters. The fraction of sp³-hybridized carbons (Fsp3) is 0.381. The summed E-state index contributed by atoms with van der Waals surface area (Å²) in [7, 11) is 0. The normalized spacial score (nSPS) is 16.2. The van der Waals surface area contributed by atoms with Crippen LogP contribution in [-0.4, -0.2) is 35.6 Å². The first-order chi connectivity index (χ1) is 11.7. The number of likely N-dealkylation sites (tertiary alicyclic amines) is 1. The third-order valence-electron chi connectivity index (χ3n) is 5.29. The highest BCUT2D eigenvalue weighted by Crippen LogP contribution is 2.35. The maximum atomic E-state index is 13.5. The number of carbonyl (C=O) groups is 1. The second kappa shape index (κ2) is 7.18. The molecule has 1 aliphatic rings. The molecular formula is C21H25NO2. The van der Waals surface area contributed by atoms with Gasteiger partial charge in [0.15, 0.2) is 0 Å². The van der Waals surface area contributed by atoms with Gasteiger partial charge < -0.3 is 10.0 Å². The Morgan fingerprint density at radius 1 is 1.00 bits per heavy atom. The van der Waals surface area contributed by atoms with Gasteiger partial charge in [0.05, 0.1) is 5.41 Å². The van der Waals surface area contributed by atoms with Crippen LogP contribution in [0.15, 0.2) is 60.7 Å². The highest BCUT2D eigenvalue weighted by Gasteiger charge is 2.40. The van der Waals surface area contributed by atoms with Crippen molar-refractivity contribution >= 4 is 5.91 Å². The molecule has 1 N–H and O–H groups in total.